The number of aryl methyl sites for hydroxylation is 3. The van der Waals surface area contributed by atoms with Crippen LogP contribution in [0.4, 0.5) is 0 Å². The van der Waals surface area contributed by atoms with Crippen LogP contribution in [0.1, 0.15) is 128 Å². The van der Waals surface area contributed by atoms with Crippen LogP contribution >= 0.6 is 0 Å². The molecule has 0 aromatic heterocycles. The van der Waals surface area contributed by atoms with Crippen LogP contribution in [0.3, 0.4) is 0 Å². The summed E-state index contributed by atoms with van der Waals surface area (Å²) in [5.74, 6) is 0.550. The van der Waals surface area contributed by atoms with E-state index in [0.29, 0.717) is 11.3 Å². The van der Waals surface area contributed by atoms with Crippen LogP contribution < -0.4 is 24.8 Å². The predicted molar refractivity (Wildman–Crippen MR) is 201 cm³/mol. The van der Waals surface area contributed by atoms with Crippen molar-refractivity contribution in [3.8, 4) is 0 Å². The molecule has 0 heterocycles. The van der Waals surface area contributed by atoms with Gasteiger partial charge in [0.15, 0.2) is 0 Å². The van der Waals surface area contributed by atoms with E-state index < -0.39 is 0 Å². The quantitative estimate of drug-likeness (QED) is 0.195. The molecule has 0 aliphatic heterocycles. The predicted octanol–water partition coefficient (Wildman–Crippen LogP) is 6.91. The zero-order valence-electron chi connectivity index (χ0n) is 31.7. The van der Waals surface area contributed by atoms with Gasteiger partial charge in [-0.05, 0) is 24.7 Å². The van der Waals surface area contributed by atoms with E-state index in [1.54, 1.807) is 5.57 Å². The van der Waals surface area contributed by atoms with Gasteiger partial charge in [-0.2, -0.15) is 11.6 Å². The number of rotatable bonds is 2. The molecule has 0 radical (unpaired) electrons. The van der Waals surface area contributed by atoms with Crippen LogP contribution in [0.25, 0.3) is 21.5 Å². The van der Waals surface area contributed by atoms with Crippen LogP contribution in [-0.4, -0.2) is 3.21 Å². The Morgan fingerprint density at radius 3 is 1.60 bits per heavy atom. The van der Waals surface area contributed by atoms with Crippen LogP contribution in [0, 0.1) is 38.2 Å². The number of allylic oxidation sites excluding steroid dienone is 4. The molecule has 3 heteroatoms. The third-order valence-corrected chi connectivity index (χ3v) is 10.8. The number of benzene rings is 3. The molecule has 258 valence electrons. The summed E-state index contributed by atoms with van der Waals surface area (Å²) in [4.78, 5) is 0. The first-order valence-corrected chi connectivity index (χ1v) is 18.7. The van der Waals surface area contributed by atoms with Crippen molar-refractivity contribution in [3.05, 3.63) is 112 Å². The minimum atomic E-state index is 0. The van der Waals surface area contributed by atoms with E-state index in [2.05, 4.69) is 156 Å². The molecule has 0 bridgehead atoms. The molecule has 4 aromatic rings. The Balaban J connectivity index is 0.000000272. The second-order valence-electron chi connectivity index (χ2n) is 16.5. The molecular weight excluding hydrogens is 703 g/mol. The van der Waals surface area contributed by atoms with Crippen molar-refractivity contribution >= 4 is 24.8 Å². The monoisotopic (exact) mass is 758 g/mol. The van der Waals surface area contributed by atoms with E-state index in [4.69, 9.17) is 0 Å². The Bertz CT molecular complexity index is 1670. The number of fused-ring (bicyclic) bond motifs is 3. The van der Waals surface area contributed by atoms with Gasteiger partial charge in [0.05, 0.1) is 0 Å². The molecule has 1 saturated carbocycles. The maximum atomic E-state index is 3.37. The average molecular weight is 761 g/mol. The van der Waals surface area contributed by atoms with E-state index in [-0.39, 0.29) is 35.6 Å². The van der Waals surface area contributed by atoms with Crippen LogP contribution in [0.15, 0.2) is 72.3 Å². The molecule has 0 saturated heterocycles. The Hall–Kier alpha value is -1.66. The van der Waals surface area contributed by atoms with Crippen molar-refractivity contribution in [1.82, 2.24) is 0 Å². The number of halogens is 2. The summed E-state index contributed by atoms with van der Waals surface area (Å²) < 4.78 is 1.46. The zero-order valence-corrected chi connectivity index (χ0v) is 35.7. The average Bonchev–Trinajstić information content (AvgIpc) is 3.55. The Morgan fingerprint density at radius 2 is 1.23 bits per heavy atom. The van der Waals surface area contributed by atoms with Crippen molar-refractivity contribution in [2.24, 2.45) is 11.3 Å². The molecule has 0 amide bonds. The minimum absolute atomic E-state index is 0. The zero-order chi connectivity index (χ0) is 34.0. The van der Waals surface area contributed by atoms with Crippen LogP contribution in [-0.2, 0) is 35.1 Å². The molecule has 48 heavy (non-hydrogen) atoms. The summed E-state index contributed by atoms with van der Waals surface area (Å²) in [6, 6.07) is 20.6. The van der Waals surface area contributed by atoms with Crippen LogP contribution in [0.5, 0.6) is 0 Å². The molecule has 0 N–H and O–H groups in total. The normalized spacial score (nSPS) is 17.0. The van der Waals surface area contributed by atoms with Crippen molar-refractivity contribution in [2.75, 3.05) is 0 Å². The first-order chi connectivity index (χ1) is 21.4. The van der Waals surface area contributed by atoms with E-state index >= 15 is 0 Å². The van der Waals surface area contributed by atoms with Gasteiger partial charge in [0.1, 0.15) is 0 Å². The summed E-state index contributed by atoms with van der Waals surface area (Å²) in [6.45, 7) is 27.2. The smallest absolute Gasteiger partial charge is 0.0142 e. The van der Waals surface area contributed by atoms with E-state index in [9.17, 15) is 0 Å². The fourth-order valence-corrected chi connectivity index (χ4v) is 7.75. The van der Waals surface area contributed by atoms with Gasteiger partial charge in [0.25, 0.3) is 0 Å². The summed E-state index contributed by atoms with van der Waals surface area (Å²) in [5.41, 5.74) is 10.8. The van der Waals surface area contributed by atoms with Crippen LogP contribution in [0.2, 0.25) is 0 Å². The maximum Gasteiger partial charge on any atom is -0.0142 e. The molecule has 4 aromatic carbocycles. The fraction of sp³-hybridized carbons (Fsp3) is 0.467. The molecule has 2 aliphatic carbocycles. The topological polar surface area (TPSA) is 0 Å². The van der Waals surface area contributed by atoms with Gasteiger partial charge in [0.2, 0.25) is 0 Å². The van der Waals surface area contributed by atoms with Crippen molar-refractivity contribution in [3.63, 3.8) is 0 Å². The molecule has 1 unspecified atom stereocenters. The Kier molecular flexibility index (Phi) is 15.1. The Labute approximate surface area is 320 Å². The van der Waals surface area contributed by atoms with Gasteiger partial charge < -0.3 is 24.8 Å². The van der Waals surface area contributed by atoms with Gasteiger partial charge >= 0.3 is 76.7 Å². The van der Waals surface area contributed by atoms with Crippen molar-refractivity contribution in [1.29, 1.82) is 0 Å². The van der Waals surface area contributed by atoms with Gasteiger partial charge in [-0.25, -0.2) is 6.08 Å². The largest absolute Gasteiger partial charge is 1.00 e. The SMILES string of the molecule is CC1[C-]=CC(C2(C)CCCCC2)=C1.C[C](=[Zr+2])c1ccc(C)cc1.Cc1cc2[cH-]c3cc(C)c(C(C)(C)C)cc3c2cc1C(C)(C)C.[Cl-].[Cl-]. The molecule has 1 fully saturated rings. The third kappa shape index (κ3) is 10.4. The molecule has 0 nitrogen and oxygen atoms in total. The van der Waals surface area contributed by atoms with Gasteiger partial charge in [-0.15, -0.1) is 39.7 Å². The first-order valence-electron chi connectivity index (χ1n) is 17.5. The Morgan fingerprint density at radius 1 is 0.771 bits per heavy atom. The first kappa shape index (κ1) is 42.5. The number of hydrogen-bond acceptors (Lipinski definition) is 0. The second kappa shape index (κ2) is 17.0. The second-order valence-corrected chi connectivity index (χ2v) is 18.3. The van der Waals surface area contributed by atoms with Gasteiger partial charge in [0, 0.05) is 0 Å². The molecular formula is C45H58Cl2Zr-2. The standard InChI is InChI=1S/C23H29.C13H19.C9H10.2ClH.Zr/c1-14-9-16-11-17-10-15(2)21(23(6,7)8)13-19(17)18(16)12-20(14)22(3,4)5;1-11-6-7-12(10-11)13(2)8-4-3-5-9-13;1-3-9-6-4-8(2)5-7-9;;;/h9-13H,1-8H3;7,10-11H,3-5,8-9H2,1-2H3;4-7H,1-2H3;2*1H;/q2*-1;;;;+2/p-2. The van der Waals surface area contributed by atoms with Gasteiger partial charge in [-0.1, -0.05) is 133 Å². The summed E-state index contributed by atoms with van der Waals surface area (Å²) in [5, 5.41) is 5.55. The van der Waals surface area contributed by atoms with Gasteiger partial charge in [-0.3, -0.25) is 6.08 Å². The molecule has 6 rings (SSSR count). The third-order valence-electron chi connectivity index (χ3n) is 10.1. The molecule has 1 atom stereocenters. The van der Waals surface area contributed by atoms with Crippen molar-refractivity contribution in [2.45, 2.75) is 126 Å². The van der Waals surface area contributed by atoms with Crippen molar-refractivity contribution < 1.29 is 49.0 Å². The summed E-state index contributed by atoms with van der Waals surface area (Å²) in [7, 11) is 0. The maximum absolute atomic E-state index is 3.37. The van der Waals surface area contributed by atoms with E-state index in [1.807, 2.05) is 0 Å². The molecule has 2 aliphatic rings. The van der Waals surface area contributed by atoms with E-state index in [0.717, 1.165) is 0 Å². The summed E-state index contributed by atoms with van der Waals surface area (Å²) >= 11 is 1.51. The number of hydrogen-bond donors (Lipinski definition) is 0. The minimum Gasteiger partial charge on any atom is -1.00 e. The molecule has 0 spiro atoms. The fourth-order valence-electron chi connectivity index (χ4n) is 7.34. The summed E-state index contributed by atoms with van der Waals surface area (Å²) in [6.07, 6.45) is 15.0. The van der Waals surface area contributed by atoms with E-state index in [1.165, 1.54) is 114 Å².